The first-order valence-electron chi connectivity index (χ1n) is 9.56. The molecule has 1 aromatic heterocycles. The minimum atomic E-state index is -1.48. The molecule has 4 atom stereocenters. The van der Waals surface area contributed by atoms with Gasteiger partial charge in [0.15, 0.2) is 0 Å². The second-order valence-electron chi connectivity index (χ2n) is 8.05. The Labute approximate surface area is 201 Å². The van der Waals surface area contributed by atoms with E-state index in [0.717, 1.165) is 5.82 Å². The zero-order chi connectivity index (χ0) is 20.9. The van der Waals surface area contributed by atoms with Gasteiger partial charge in [0.1, 0.15) is 17.8 Å². The van der Waals surface area contributed by atoms with Crippen molar-refractivity contribution >= 4 is 35.4 Å². The quantitative estimate of drug-likeness (QED) is 0.367. The Hall–Kier alpha value is -1.33. The molecule has 1 aromatic rings. The zero-order valence-corrected chi connectivity index (χ0v) is 20.0. The smallest absolute Gasteiger partial charge is 0.548 e. The number of β-lactam (4-membered cyclic amide) rings is 1. The van der Waals surface area contributed by atoms with Crippen molar-refractivity contribution in [2.45, 2.75) is 36.1 Å². The van der Waals surface area contributed by atoms with Gasteiger partial charge in [-0.15, -0.1) is 11.8 Å². The molecule has 0 saturated carbocycles. The number of piperazine rings is 1. The molecule has 3 aliphatic rings. The molecule has 1 N–H and O–H groups in total. The van der Waals surface area contributed by atoms with Crippen LogP contribution >= 0.6 is 11.8 Å². The number of hydrogen-bond acceptors (Lipinski definition) is 8. The number of thioether (sulfide) groups is 1. The maximum atomic E-state index is 12.8. The molecule has 0 aromatic carbocycles. The normalized spacial score (nSPS) is 28.3. The van der Waals surface area contributed by atoms with Crippen LogP contribution in [0.3, 0.4) is 0 Å². The number of carboxylic acids is 1. The van der Waals surface area contributed by atoms with Crippen LogP contribution in [0.4, 0.5) is 5.82 Å². The summed E-state index contributed by atoms with van der Waals surface area (Å²) < 4.78 is -0.745. The zero-order valence-electron chi connectivity index (χ0n) is 17.2. The number of amides is 2. The van der Waals surface area contributed by atoms with E-state index in [1.807, 2.05) is 18.2 Å². The number of pyridine rings is 1. The van der Waals surface area contributed by atoms with Gasteiger partial charge in [-0.3, -0.25) is 9.59 Å². The van der Waals surface area contributed by atoms with Gasteiger partial charge in [0.05, 0.1) is 17.4 Å². The molecule has 0 radical (unpaired) electrons. The van der Waals surface area contributed by atoms with Crippen molar-refractivity contribution in [3.8, 4) is 0 Å². The van der Waals surface area contributed by atoms with E-state index >= 15 is 0 Å². The van der Waals surface area contributed by atoms with E-state index < -0.39 is 46.0 Å². The molecule has 2 amide bonds. The number of rotatable bonds is 4. The van der Waals surface area contributed by atoms with Gasteiger partial charge < -0.3 is 29.7 Å². The van der Waals surface area contributed by atoms with E-state index in [0.29, 0.717) is 26.2 Å². The Morgan fingerprint density at radius 2 is 1.93 bits per heavy atom. The number of aromatic nitrogens is 1. The first-order chi connectivity index (χ1) is 13.7. The fourth-order valence-electron chi connectivity index (χ4n) is 4.35. The topological polar surface area (TPSA) is 117 Å². The van der Waals surface area contributed by atoms with E-state index in [1.165, 1.54) is 16.7 Å². The first-order valence-corrected chi connectivity index (χ1v) is 10.4. The monoisotopic (exact) mass is 442 g/mol. The van der Waals surface area contributed by atoms with Crippen molar-refractivity contribution in [2.75, 3.05) is 31.1 Å². The van der Waals surface area contributed by atoms with Crippen molar-refractivity contribution in [1.29, 1.82) is 0 Å². The molecule has 4 rings (SSSR count). The maximum Gasteiger partial charge on any atom is 1.00 e. The van der Waals surface area contributed by atoms with Crippen LogP contribution in [0, 0.1) is 5.92 Å². The van der Waals surface area contributed by atoms with Crippen LogP contribution in [0.25, 0.3) is 0 Å². The molecule has 0 aliphatic carbocycles. The third-order valence-electron chi connectivity index (χ3n) is 5.86. The number of carbonyl (C=O) groups is 3. The molecular formula is C19H23N4NaO5S. The van der Waals surface area contributed by atoms with Crippen molar-refractivity contribution in [3.05, 3.63) is 24.4 Å². The third kappa shape index (κ3) is 3.84. The van der Waals surface area contributed by atoms with Gasteiger partial charge in [-0.1, -0.05) is 6.07 Å². The molecule has 9 nitrogen and oxygen atoms in total. The number of aliphatic hydroxyl groups excluding tert-OH is 1. The second-order valence-corrected chi connectivity index (χ2v) is 9.82. The third-order valence-corrected chi connectivity index (χ3v) is 7.46. The van der Waals surface area contributed by atoms with Crippen LogP contribution in [0.1, 0.15) is 13.8 Å². The Morgan fingerprint density at radius 1 is 1.27 bits per heavy atom. The molecule has 3 fully saturated rings. The molecule has 0 spiro atoms. The van der Waals surface area contributed by atoms with Crippen LogP contribution in [-0.2, 0) is 14.4 Å². The van der Waals surface area contributed by atoms with Crippen molar-refractivity contribution in [3.63, 3.8) is 0 Å². The largest absolute Gasteiger partial charge is 1.00 e. The molecule has 30 heavy (non-hydrogen) atoms. The SMILES string of the molecule is CC1(C)S[C@@H]2[C@H]([C@H](O)C(=O)N3CCN(c4ccccn4)CC3)C(=O)N2[C@H]1C(=O)[O-].[Na+]. The Kier molecular flexibility index (Phi) is 6.74. The maximum absolute atomic E-state index is 12.8. The molecule has 0 bridgehead atoms. The first kappa shape index (κ1) is 23.3. The Morgan fingerprint density at radius 3 is 2.50 bits per heavy atom. The van der Waals surface area contributed by atoms with E-state index in [2.05, 4.69) is 9.88 Å². The van der Waals surface area contributed by atoms with Gasteiger partial charge in [-0.2, -0.15) is 0 Å². The van der Waals surface area contributed by atoms with Crippen LogP contribution in [0.2, 0.25) is 0 Å². The summed E-state index contributed by atoms with van der Waals surface area (Å²) in [4.78, 5) is 46.1. The van der Waals surface area contributed by atoms with Crippen LogP contribution in [0.5, 0.6) is 0 Å². The molecule has 4 heterocycles. The summed E-state index contributed by atoms with van der Waals surface area (Å²) in [6, 6.07) is 4.58. The van der Waals surface area contributed by atoms with E-state index in [4.69, 9.17) is 0 Å². The number of fused-ring (bicyclic) bond motifs is 1. The standard InChI is InChI=1S/C19H24N4O5S.Na/c1-19(2)14(18(27)28)23-15(25)12(17(23)29-19)13(24)16(26)22-9-7-21(8-10-22)11-5-3-4-6-20-11;/h3-6,12-14,17,24H,7-10H2,1-2H3,(H,27,28);/q;+1/p-1/t12-,13+,14+,17-;/m1./s1. The minimum Gasteiger partial charge on any atom is -0.548 e. The Bertz CT molecular complexity index is 833. The summed E-state index contributed by atoms with van der Waals surface area (Å²) in [5, 5.41) is 21.6. The van der Waals surface area contributed by atoms with Crippen LogP contribution < -0.4 is 39.6 Å². The van der Waals surface area contributed by atoms with Gasteiger partial charge >= 0.3 is 29.6 Å². The number of carbonyl (C=O) groups excluding carboxylic acids is 3. The van der Waals surface area contributed by atoms with Gasteiger partial charge in [-0.05, 0) is 26.0 Å². The van der Waals surface area contributed by atoms with Gasteiger partial charge in [0, 0.05) is 37.1 Å². The van der Waals surface area contributed by atoms with Gasteiger partial charge in [0.2, 0.25) is 5.91 Å². The fraction of sp³-hybridized carbons (Fsp3) is 0.579. The Balaban J connectivity index is 0.00000256. The fourth-order valence-corrected chi connectivity index (χ4v) is 6.06. The number of anilines is 1. The summed E-state index contributed by atoms with van der Waals surface area (Å²) in [5.74, 6) is -2.40. The average Bonchev–Trinajstić information content (AvgIpc) is 2.95. The molecule has 156 valence electrons. The average molecular weight is 442 g/mol. The number of hydrogen-bond donors (Lipinski definition) is 1. The minimum absolute atomic E-state index is 0. The number of carboxylic acid groups (broad SMARTS) is 1. The van der Waals surface area contributed by atoms with E-state index in [9.17, 15) is 24.6 Å². The summed E-state index contributed by atoms with van der Waals surface area (Å²) in [7, 11) is 0. The summed E-state index contributed by atoms with van der Waals surface area (Å²) in [6.07, 6.45) is 0.236. The number of aliphatic carboxylic acids is 1. The van der Waals surface area contributed by atoms with E-state index in [-0.39, 0.29) is 29.6 Å². The van der Waals surface area contributed by atoms with Crippen molar-refractivity contribution in [2.24, 2.45) is 5.92 Å². The summed E-state index contributed by atoms with van der Waals surface area (Å²) in [6.45, 7) is 5.46. The second kappa shape index (κ2) is 8.66. The molecule has 11 heteroatoms. The molecule has 3 aliphatic heterocycles. The predicted octanol–water partition coefficient (Wildman–Crippen LogP) is -4.48. The van der Waals surface area contributed by atoms with Crippen LogP contribution in [-0.4, -0.2) is 86.1 Å². The molecule has 3 saturated heterocycles. The summed E-state index contributed by atoms with van der Waals surface area (Å²) in [5.41, 5.74) is 0. The van der Waals surface area contributed by atoms with Crippen LogP contribution in [0.15, 0.2) is 24.4 Å². The van der Waals surface area contributed by atoms with Crippen molar-refractivity contribution < 1.29 is 54.2 Å². The number of nitrogens with zero attached hydrogens (tertiary/aromatic N) is 4. The number of aliphatic hydroxyl groups is 1. The summed E-state index contributed by atoms with van der Waals surface area (Å²) >= 11 is 1.29. The predicted molar refractivity (Wildman–Crippen MR) is 104 cm³/mol. The van der Waals surface area contributed by atoms with Crippen molar-refractivity contribution in [1.82, 2.24) is 14.8 Å². The van der Waals surface area contributed by atoms with Gasteiger partial charge in [0.25, 0.3) is 5.91 Å². The molecular weight excluding hydrogens is 419 g/mol. The van der Waals surface area contributed by atoms with E-state index in [1.54, 1.807) is 24.9 Å². The molecule has 0 unspecified atom stereocenters. The van der Waals surface area contributed by atoms with Gasteiger partial charge in [-0.25, -0.2) is 4.98 Å².